The summed E-state index contributed by atoms with van der Waals surface area (Å²) < 4.78 is 37.7. The van der Waals surface area contributed by atoms with Crippen molar-refractivity contribution in [2.45, 2.75) is 25.6 Å². The van der Waals surface area contributed by atoms with Crippen molar-refractivity contribution in [3.63, 3.8) is 0 Å². The largest absolute Gasteiger partial charge is 0.445 e. The van der Waals surface area contributed by atoms with Crippen molar-refractivity contribution in [3.8, 4) is 0 Å². The van der Waals surface area contributed by atoms with Crippen LogP contribution in [0.25, 0.3) is 0 Å². The molecule has 2 fully saturated rings. The van der Waals surface area contributed by atoms with Crippen molar-refractivity contribution < 1.29 is 13.2 Å². The molecule has 1 aromatic heterocycles. The Bertz CT molecular complexity index is 461. The zero-order chi connectivity index (χ0) is 13.6. The second-order valence-corrected chi connectivity index (χ2v) is 6.05. The van der Waals surface area contributed by atoms with E-state index in [9.17, 15) is 13.2 Å². The van der Waals surface area contributed by atoms with Crippen molar-refractivity contribution in [2.24, 2.45) is 11.8 Å². The number of fused-ring (bicyclic) bond motifs is 1. The summed E-state index contributed by atoms with van der Waals surface area (Å²) in [4.78, 5) is 2.02. The number of alkyl halides is 3. The smallest absolute Gasteiger partial charge is 0.343 e. The Morgan fingerprint density at radius 2 is 2.16 bits per heavy atom. The highest BCUT2D eigenvalue weighted by Gasteiger charge is 2.45. The number of hydrogen-bond acceptors (Lipinski definition) is 5. The van der Waals surface area contributed by atoms with Crippen LogP contribution in [0.4, 0.5) is 18.3 Å². The van der Waals surface area contributed by atoms with Gasteiger partial charge in [-0.15, -0.1) is 10.2 Å². The quantitative estimate of drug-likeness (QED) is 0.905. The van der Waals surface area contributed by atoms with Gasteiger partial charge < -0.3 is 10.2 Å². The van der Waals surface area contributed by atoms with Crippen molar-refractivity contribution >= 4 is 16.5 Å². The number of hydrogen-bond donors (Lipinski definition) is 1. The molecular formula is C11H15F3N4S. The van der Waals surface area contributed by atoms with Gasteiger partial charge in [0.15, 0.2) is 0 Å². The lowest BCUT2D eigenvalue weighted by Crippen LogP contribution is -2.35. The molecule has 2 aliphatic rings. The fourth-order valence-corrected chi connectivity index (χ4v) is 3.99. The molecule has 2 aliphatic heterocycles. The minimum Gasteiger partial charge on any atom is -0.343 e. The molecule has 0 amide bonds. The van der Waals surface area contributed by atoms with Gasteiger partial charge in [0, 0.05) is 25.7 Å². The first-order valence-electron chi connectivity index (χ1n) is 6.38. The van der Waals surface area contributed by atoms with E-state index in [1.165, 1.54) is 0 Å². The van der Waals surface area contributed by atoms with E-state index in [2.05, 4.69) is 22.4 Å². The summed E-state index contributed by atoms with van der Waals surface area (Å²) in [5.41, 5.74) is 0. The fraction of sp³-hybridized carbons (Fsp3) is 0.818. The highest BCUT2D eigenvalue weighted by atomic mass is 32.1. The number of aromatic nitrogens is 2. The van der Waals surface area contributed by atoms with Gasteiger partial charge in [-0.05, 0) is 18.3 Å². The molecule has 0 spiro atoms. The summed E-state index contributed by atoms with van der Waals surface area (Å²) in [5, 5.41) is 9.93. The molecule has 0 radical (unpaired) electrons. The molecule has 3 atom stereocenters. The highest BCUT2D eigenvalue weighted by molar-refractivity contribution is 7.15. The molecule has 3 heterocycles. The normalized spacial score (nSPS) is 30.9. The van der Waals surface area contributed by atoms with Gasteiger partial charge >= 0.3 is 6.18 Å². The van der Waals surface area contributed by atoms with Gasteiger partial charge in [-0.25, -0.2) is 0 Å². The van der Waals surface area contributed by atoms with Crippen molar-refractivity contribution in [1.29, 1.82) is 0 Å². The molecule has 0 aliphatic carbocycles. The van der Waals surface area contributed by atoms with E-state index < -0.39 is 11.2 Å². The molecular weight excluding hydrogens is 277 g/mol. The third kappa shape index (κ3) is 2.20. The third-order valence-electron chi connectivity index (χ3n) is 4.04. The Morgan fingerprint density at radius 1 is 1.37 bits per heavy atom. The predicted molar refractivity (Wildman–Crippen MR) is 66.2 cm³/mol. The maximum absolute atomic E-state index is 12.6. The maximum atomic E-state index is 12.6. The monoisotopic (exact) mass is 292 g/mol. The van der Waals surface area contributed by atoms with Crippen LogP contribution >= 0.6 is 11.3 Å². The standard InChI is InChI=1S/C11H15F3N4S/c1-2-8-7-4-15-3-6(7)5-18(8)10-17-16-9(19-10)11(12,13)14/h6-8,15H,2-5H2,1H3. The Labute approximate surface area is 113 Å². The van der Waals surface area contributed by atoms with Crippen LogP contribution in [-0.2, 0) is 6.18 Å². The zero-order valence-electron chi connectivity index (χ0n) is 10.4. The molecule has 19 heavy (non-hydrogen) atoms. The van der Waals surface area contributed by atoms with Gasteiger partial charge in [0.25, 0.3) is 0 Å². The van der Waals surface area contributed by atoms with Crippen LogP contribution < -0.4 is 10.2 Å². The van der Waals surface area contributed by atoms with Gasteiger partial charge in [-0.2, -0.15) is 13.2 Å². The van der Waals surface area contributed by atoms with E-state index in [-0.39, 0.29) is 6.04 Å². The highest BCUT2D eigenvalue weighted by Crippen LogP contribution is 2.41. The number of rotatable bonds is 2. The van der Waals surface area contributed by atoms with E-state index in [0.717, 1.165) is 26.1 Å². The Morgan fingerprint density at radius 3 is 2.79 bits per heavy atom. The lowest BCUT2D eigenvalue weighted by atomic mass is 9.93. The lowest BCUT2D eigenvalue weighted by molar-refractivity contribution is -0.138. The fourth-order valence-electron chi connectivity index (χ4n) is 3.21. The van der Waals surface area contributed by atoms with Crippen molar-refractivity contribution in [3.05, 3.63) is 5.01 Å². The van der Waals surface area contributed by atoms with Gasteiger partial charge in [0.1, 0.15) is 0 Å². The van der Waals surface area contributed by atoms with Gasteiger partial charge in [0.2, 0.25) is 10.1 Å². The summed E-state index contributed by atoms with van der Waals surface area (Å²) in [6, 6.07) is 0.272. The predicted octanol–water partition coefficient (Wildman–Crippen LogP) is 1.99. The first-order valence-corrected chi connectivity index (χ1v) is 7.20. The Kier molecular flexibility index (Phi) is 3.17. The Hall–Kier alpha value is -0.890. The average Bonchev–Trinajstić information content (AvgIpc) is 3.01. The van der Waals surface area contributed by atoms with Crippen LogP contribution in [0.1, 0.15) is 18.4 Å². The van der Waals surface area contributed by atoms with E-state index in [4.69, 9.17) is 0 Å². The Balaban J connectivity index is 1.84. The molecule has 3 rings (SSSR count). The van der Waals surface area contributed by atoms with Gasteiger partial charge in [-0.1, -0.05) is 18.3 Å². The van der Waals surface area contributed by atoms with Crippen LogP contribution in [0.5, 0.6) is 0 Å². The first-order chi connectivity index (χ1) is 9.00. The van der Waals surface area contributed by atoms with Crippen molar-refractivity contribution in [2.75, 3.05) is 24.5 Å². The van der Waals surface area contributed by atoms with Crippen LogP contribution in [0, 0.1) is 11.8 Å². The van der Waals surface area contributed by atoms with Gasteiger partial charge in [0.05, 0.1) is 0 Å². The minimum absolute atomic E-state index is 0.272. The summed E-state index contributed by atoms with van der Waals surface area (Å²) in [6.07, 6.45) is -3.47. The molecule has 1 N–H and O–H groups in total. The molecule has 0 saturated carbocycles. The van der Waals surface area contributed by atoms with Crippen LogP contribution in [0.3, 0.4) is 0 Å². The van der Waals surface area contributed by atoms with Crippen LogP contribution in [-0.4, -0.2) is 35.9 Å². The SMILES string of the molecule is CCC1C2CNCC2CN1c1nnc(C(F)(F)F)s1. The van der Waals surface area contributed by atoms with E-state index >= 15 is 0 Å². The summed E-state index contributed by atoms with van der Waals surface area (Å²) >= 11 is 0.653. The molecule has 3 unspecified atom stereocenters. The van der Waals surface area contributed by atoms with E-state index in [1.54, 1.807) is 0 Å². The van der Waals surface area contributed by atoms with Gasteiger partial charge in [-0.3, -0.25) is 0 Å². The number of nitrogens with zero attached hydrogens (tertiary/aromatic N) is 3. The number of halogens is 3. The van der Waals surface area contributed by atoms with E-state index in [1.807, 2.05) is 4.90 Å². The number of nitrogens with one attached hydrogen (secondary N) is 1. The minimum atomic E-state index is -4.39. The first kappa shape index (κ1) is 13.1. The second kappa shape index (κ2) is 4.59. The summed E-state index contributed by atoms with van der Waals surface area (Å²) in [5.74, 6) is 1.03. The topological polar surface area (TPSA) is 41.0 Å². The third-order valence-corrected chi connectivity index (χ3v) is 5.04. The van der Waals surface area contributed by atoms with Crippen LogP contribution in [0.2, 0.25) is 0 Å². The lowest BCUT2D eigenvalue weighted by Gasteiger charge is -2.25. The average molecular weight is 292 g/mol. The molecule has 8 heteroatoms. The number of anilines is 1. The molecule has 0 bridgehead atoms. The molecule has 0 aromatic carbocycles. The van der Waals surface area contributed by atoms with Crippen molar-refractivity contribution in [1.82, 2.24) is 15.5 Å². The second-order valence-electron chi connectivity index (χ2n) is 5.10. The molecule has 2 saturated heterocycles. The zero-order valence-corrected chi connectivity index (χ0v) is 11.3. The van der Waals surface area contributed by atoms with E-state index in [0.29, 0.717) is 28.3 Å². The summed E-state index contributed by atoms with van der Waals surface area (Å²) in [7, 11) is 0. The molecule has 1 aromatic rings. The molecule has 106 valence electrons. The molecule has 4 nitrogen and oxygen atoms in total. The maximum Gasteiger partial charge on any atom is 0.445 e. The van der Waals surface area contributed by atoms with Crippen LogP contribution in [0.15, 0.2) is 0 Å². The summed E-state index contributed by atoms with van der Waals surface area (Å²) in [6.45, 7) is 4.75.